The van der Waals surface area contributed by atoms with Crippen LogP contribution in [0.25, 0.3) is 10.8 Å². The van der Waals surface area contributed by atoms with E-state index >= 15 is 0 Å². The van der Waals surface area contributed by atoms with Gasteiger partial charge in [-0.25, -0.2) is 9.98 Å². The zero-order valence-electron chi connectivity index (χ0n) is 14.6. The Kier molecular flexibility index (Phi) is 4.79. The predicted octanol–water partition coefficient (Wildman–Crippen LogP) is 5.27. The maximum Gasteiger partial charge on any atom is 0.194 e. The van der Waals surface area contributed by atoms with Crippen LogP contribution in [0.1, 0.15) is 11.1 Å². The number of phenolic OH excluding ortho intramolecular Hbond substituents is 1. The summed E-state index contributed by atoms with van der Waals surface area (Å²) in [5.41, 5.74) is 1.71. The van der Waals surface area contributed by atoms with Crippen LogP contribution in [0.5, 0.6) is 11.5 Å². The first-order valence-electron chi connectivity index (χ1n) is 8.68. The van der Waals surface area contributed by atoms with E-state index < -0.39 is 0 Å². The molecule has 0 radical (unpaired) electrons. The first-order valence-corrected chi connectivity index (χ1v) is 8.68. The van der Waals surface area contributed by atoms with Gasteiger partial charge in [-0.3, -0.25) is 0 Å². The maximum atomic E-state index is 10.5. The van der Waals surface area contributed by atoms with E-state index in [1.165, 1.54) is 0 Å². The van der Waals surface area contributed by atoms with Crippen LogP contribution in [-0.4, -0.2) is 16.3 Å². The number of aromatic hydroxyl groups is 1. The molecule has 4 aromatic rings. The van der Waals surface area contributed by atoms with E-state index in [0.717, 1.165) is 16.3 Å². The fraction of sp³-hybridized carbons (Fsp3) is 0.0435. The molecule has 0 aliphatic rings. The fourth-order valence-corrected chi connectivity index (χ4v) is 2.83. The zero-order valence-corrected chi connectivity index (χ0v) is 14.6. The normalized spacial score (nSPS) is 11.1. The molecule has 0 unspecified atom stereocenters. The van der Waals surface area contributed by atoms with Crippen LogP contribution in [0.15, 0.2) is 90.1 Å². The summed E-state index contributed by atoms with van der Waals surface area (Å²) in [6.45, 7) is 0.441. The van der Waals surface area contributed by atoms with Crippen LogP contribution in [0.3, 0.4) is 0 Å². The van der Waals surface area contributed by atoms with Gasteiger partial charge in [-0.1, -0.05) is 60.7 Å². The first kappa shape index (κ1) is 16.8. The highest BCUT2D eigenvalue weighted by molar-refractivity contribution is 5.97. The third-order valence-corrected chi connectivity index (χ3v) is 4.25. The monoisotopic (exact) mass is 354 g/mol. The van der Waals surface area contributed by atoms with Crippen molar-refractivity contribution in [2.45, 2.75) is 6.61 Å². The van der Waals surface area contributed by atoms with Crippen molar-refractivity contribution in [3.8, 4) is 11.5 Å². The summed E-state index contributed by atoms with van der Waals surface area (Å²) >= 11 is 0. The molecular weight excluding hydrogens is 336 g/mol. The largest absolute Gasteiger partial charge is 0.507 e. The lowest BCUT2D eigenvalue weighted by molar-refractivity contribution is 0.306. The van der Waals surface area contributed by atoms with E-state index in [4.69, 9.17) is 4.74 Å². The van der Waals surface area contributed by atoms with E-state index in [2.05, 4.69) is 9.98 Å². The third-order valence-electron chi connectivity index (χ3n) is 4.25. The molecule has 0 amide bonds. The Balaban J connectivity index is 1.58. The number of hydrogen-bond acceptors (Lipinski definition) is 4. The molecule has 132 valence electrons. The second-order valence-corrected chi connectivity index (χ2v) is 6.08. The number of fused-ring (bicyclic) bond motifs is 1. The third kappa shape index (κ3) is 3.80. The quantitative estimate of drug-likeness (QED) is 0.497. The highest BCUT2D eigenvalue weighted by atomic mass is 16.5. The summed E-state index contributed by atoms with van der Waals surface area (Å²) in [7, 11) is 0. The van der Waals surface area contributed by atoms with Crippen molar-refractivity contribution in [3.05, 3.63) is 96.2 Å². The number of benzene rings is 3. The molecule has 4 heteroatoms. The number of nitrogens with zero attached hydrogens (tertiary/aromatic N) is 2. The summed E-state index contributed by atoms with van der Waals surface area (Å²) in [6.07, 6.45) is 3.28. The van der Waals surface area contributed by atoms with Crippen molar-refractivity contribution in [3.63, 3.8) is 0 Å². The second kappa shape index (κ2) is 7.70. The summed E-state index contributed by atoms with van der Waals surface area (Å²) in [6, 6.07) is 25.1. The number of aromatic nitrogens is 1. The minimum Gasteiger partial charge on any atom is -0.507 e. The van der Waals surface area contributed by atoms with Gasteiger partial charge < -0.3 is 9.84 Å². The van der Waals surface area contributed by atoms with Crippen LogP contribution < -0.4 is 4.74 Å². The molecule has 0 bridgehead atoms. The molecule has 27 heavy (non-hydrogen) atoms. The Morgan fingerprint density at radius 3 is 2.59 bits per heavy atom. The molecule has 1 aromatic heterocycles. The smallest absolute Gasteiger partial charge is 0.194 e. The van der Waals surface area contributed by atoms with Gasteiger partial charge in [0.25, 0.3) is 0 Å². The molecule has 0 saturated carbocycles. The topological polar surface area (TPSA) is 54.7 Å². The SMILES string of the molecule is Oc1c(C=Nc2ncccc2OCc2ccccc2)ccc2ccccc12. The van der Waals surface area contributed by atoms with Crippen molar-refractivity contribution in [1.29, 1.82) is 0 Å². The molecular formula is C23H18N2O2. The highest BCUT2D eigenvalue weighted by Crippen LogP contribution is 2.29. The molecule has 1 N–H and O–H groups in total. The summed E-state index contributed by atoms with van der Waals surface area (Å²) in [4.78, 5) is 8.73. The number of hydrogen-bond donors (Lipinski definition) is 1. The maximum absolute atomic E-state index is 10.5. The Hall–Kier alpha value is -3.66. The lowest BCUT2D eigenvalue weighted by Gasteiger charge is -2.08. The van der Waals surface area contributed by atoms with Crippen molar-refractivity contribution in [2.75, 3.05) is 0 Å². The van der Waals surface area contributed by atoms with Crippen molar-refractivity contribution in [2.24, 2.45) is 4.99 Å². The Morgan fingerprint density at radius 1 is 0.889 bits per heavy atom. The van der Waals surface area contributed by atoms with E-state index in [1.807, 2.05) is 78.9 Å². The molecule has 0 spiro atoms. The molecule has 0 aliphatic heterocycles. The number of phenols is 1. The second-order valence-electron chi connectivity index (χ2n) is 6.08. The van der Waals surface area contributed by atoms with E-state index in [1.54, 1.807) is 12.4 Å². The number of pyridine rings is 1. The van der Waals surface area contributed by atoms with Gasteiger partial charge in [-0.15, -0.1) is 0 Å². The average molecular weight is 354 g/mol. The number of aliphatic imine (C=N–C) groups is 1. The molecule has 3 aromatic carbocycles. The first-order chi connectivity index (χ1) is 13.3. The van der Waals surface area contributed by atoms with Crippen LogP contribution in [0.2, 0.25) is 0 Å². The van der Waals surface area contributed by atoms with Crippen molar-refractivity contribution >= 4 is 22.8 Å². The molecule has 1 heterocycles. The van der Waals surface area contributed by atoms with Crippen LogP contribution in [-0.2, 0) is 6.61 Å². The fourth-order valence-electron chi connectivity index (χ4n) is 2.83. The number of rotatable bonds is 5. The molecule has 0 saturated heterocycles. The standard InChI is InChI=1S/C23H18N2O2/c26-22-19(13-12-18-9-4-5-10-20(18)22)15-25-23-21(11-6-14-24-23)27-16-17-7-2-1-3-8-17/h1-15,26H,16H2. The van der Waals surface area contributed by atoms with Gasteiger partial charge >= 0.3 is 0 Å². The van der Waals surface area contributed by atoms with Crippen LogP contribution in [0.4, 0.5) is 5.82 Å². The van der Waals surface area contributed by atoms with Gasteiger partial charge in [-0.05, 0) is 29.1 Å². The van der Waals surface area contributed by atoms with Crippen LogP contribution >= 0.6 is 0 Å². The Morgan fingerprint density at radius 2 is 1.70 bits per heavy atom. The van der Waals surface area contributed by atoms with Gasteiger partial charge in [0, 0.05) is 23.4 Å². The van der Waals surface area contributed by atoms with Gasteiger partial charge in [0.1, 0.15) is 12.4 Å². The summed E-state index contributed by atoms with van der Waals surface area (Å²) in [5.74, 6) is 1.28. The number of ether oxygens (including phenoxy) is 1. The molecule has 4 nitrogen and oxygen atoms in total. The minimum absolute atomic E-state index is 0.208. The summed E-state index contributed by atoms with van der Waals surface area (Å²) in [5, 5.41) is 12.3. The lowest BCUT2D eigenvalue weighted by atomic mass is 10.1. The predicted molar refractivity (Wildman–Crippen MR) is 108 cm³/mol. The molecule has 0 aliphatic carbocycles. The van der Waals surface area contributed by atoms with E-state index in [0.29, 0.717) is 23.7 Å². The Bertz CT molecular complexity index is 1090. The molecule has 4 rings (SSSR count). The minimum atomic E-state index is 0.208. The van der Waals surface area contributed by atoms with Gasteiger partial charge in [0.2, 0.25) is 0 Å². The van der Waals surface area contributed by atoms with Gasteiger partial charge in [0.15, 0.2) is 11.6 Å². The zero-order chi connectivity index (χ0) is 18.5. The molecule has 0 fully saturated rings. The average Bonchev–Trinajstić information content (AvgIpc) is 2.73. The Labute approximate surface area is 157 Å². The van der Waals surface area contributed by atoms with E-state index in [-0.39, 0.29) is 5.75 Å². The van der Waals surface area contributed by atoms with Crippen molar-refractivity contribution in [1.82, 2.24) is 4.98 Å². The molecule has 0 atom stereocenters. The van der Waals surface area contributed by atoms with Crippen molar-refractivity contribution < 1.29 is 9.84 Å². The van der Waals surface area contributed by atoms with Gasteiger partial charge in [-0.2, -0.15) is 0 Å². The van der Waals surface area contributed by atoms with Crippen LogP contribution in [0, 0.1) is 0 Å². The van der Waals surface area contributed by atoms with E-state index in [9.17, 15) is 5.11 Å². The highest BCUT2D eigenvalue weighted by Gasteiger charge is 2.06. The lowest BCUT2D eigenvalue weighted by Crippen LogP contribution is -1.96. The summed E-state index contributed by atoms with van der Waals surface area (Å²) < 4.78 is 5.87. The van der Waals surface area contributed by atoms with Gasteiger partial charge in [0.05, 0.1) is 0 Å².